The van der Waals surface area contributed by atoms with Crippen LogP contribution in [0.25, 0.3) is 0 Å². The minimum absolute atomic E-state index is 0.00365. The predicted molar refractivity (Wildman–Crippen MR) is 344 cm³/mol. The molecule has 0 amide bonds. The van der Waals surface area contributed by atoms with Gasteiger partial charge < -0.3 is 14.7 Å². The number of aryl methyl sites for hydroxylation is 1. The highest BCUT2D eigenvalue weighted by atomic mass is 15.2. The summed E-state index contributed by atoms with van der Waals surface area (Å²) < 4.78 is 0. The van der Waals surface area contributed by atoms with Gasteiger partial charge >= 0.3 is 0 Å². The Morgan fingerprint density at radius 3 is 1.40 bits per heavy atom. The summed E-state index contributed by atoms with van der Waals surface area (Å²) in [4.78, 5) is 8.00. The van der Waals surface area contributed by atoms with Gasteiger partial charge in [-0.15, -0.1) is 0 Å². The number of hydrogen-bond donors (Lipinski definition) is 0. The zero-order chi connectivity index (χ0) is 56.4. The molecule has 13 rings (SSSR count). The lowest BCUT2D eigenvalue weighted by Gasteiger charge is -2.49. The van der Waals surface area contributed by atoms with E-state index in [1.807, 2.05) is 0 Å². The van der Waals surface area contributed by atoms with Crippen molar-refractivity contribution in [3.8, 4) is 0 Å². The van der Waals surface area contributed by atoms with Gasteiger partial charge in [-0.25, -0.2) is 0 Å². The Hall–Kier alpha value is -6.78. The van der Waals surface area contributed by atoms with Crippen molar-refractivity contribution >= 4 is 74.3 Å². The molecule has 2 heterocycles. The monoisotopic (exact) mass is 1050 g/mol. The largest absolute Gasteiger partial charge is 0.311 e. The van der Waals surface area contributed by atoms with Gasteiger partial charge in [0.25, 0.3) is 6.71 Å². The Morgan fingerprint density at radius 2 is 0.850 bits per heavy atom. The second kappa shape index (κ2) is 17.6. The van der Waals surface area contributed by atoms with E-state index in [1.54, 1.807) is 0 Å². The topological polar surface area (TPSA) is 9.72 Å². The molecule has 0 saturated carbocycles. The fourth-order valence-corrected chi connectivity index (χ4v) is 16.3. The van der Waals surface area contributed by atoms with Gasteiger partial charge in [0, 0.05) is 50.9 Å². The molecule has 8 aromatic carbocycles. The Morgan fingerprint density at radius 1 is 0.388 bits per heavy atom. The second-order valence-corrected chi connectivity index (χ2v) is 29.5. The van der Waals surface area contributed by atoms with Gasteiger partial charge in [0.15, 0.2) is 0 Å². The highest BCUT2D eigenvalue weighted by Gasteiger charge is 2.50. The molecule has 4 heteroatoms. The maximum Gasteiger partial charge on any atom is 0.252 e. The van der Waals surface area contributed by atoms with Gasteiger partial charge in [0.2, 0.25) is 0 Å². The molecule has 0 atom stereocenters. The van der Waals surface area contributed by atoms with Gasteiger partial charge in [-0.1, -0.05) is 194 Å². The zero-order valence-corrected chi connectivity index (χ0v) is 51.0. The Bertz CT molecular complexity index is 3780. The summed E-state index contributed by atoms with van der Waals surface area (Å²) in [6.07, 6.45) is 5.74. The van der Waals surface area contributed by atoms with Crippen molar-refractivity contribution in [3.05, 3.63) is 213 Å². The van der Waals surface area contributed by atoms with E-state index >= 15 is 0 Å². The third-order valence-corrected chi connectivity index (χ3v) is 20.9. The second-order valence-electron chi connectivity index (χ2n) is 29.5. The molecule has 0 saturated heterocycles. The summed E-state index contributed by atoms with van der Waals surface area (Å²) in [5, 5.41) is 0. The van der Waals surface area contributed by atoms with E-state index in [2.05, 4.69) is 283 Å². The van der Waals surface area contributed by atoms with Crippen molar-refractivity contribution in [1.82, 2.24) is 0 Å². The Kier molecular flexibility index (Phi) is 11.6. The van der Waals surface area contributed by atoms with Gasteiger partial charge in [-0.3, -0.25) is 0 Å². The average Bonchev–Trinajstić information content (AvgIpc) is 3.75. The molecule has 80 heavy (non-hydrogen) atoms. The van der Waals surface area contributed by atoms with Crippen LogP contribution in [-0.4, -0.2) is 6.71 Å². The summed E-state index contributed by atoms with van der Waals surface area (Å²) in [6.45, 7) is 39.4. The molecule has 5 aliphatic rings. The van der Waals surface area contributed by atoms with Crippen LogP contribution in [0.1, 0.15) is 185 Å². The summed E-state index contributed by atoms with van der Waals surface area (Å²) in [5.74, 6) is 0. The first-order chi connectivity index (χ1) is 37.7. The summed E-state index contributed by atoms with van der Waals surface area (Å²) in [5.41, 5.74) is 29.3. The molecule has 3 aliphatic carbocycles. The number of hydrogen-bond acceptors (Lipinski definition) is 3. The first-order valence-electron chi connectivity index (χ1n) is 30.1. The van der Waals surface area contributed by atoms with E-state index in [0.29, 0.717) is 0 Å². The van der Waals surface area contributed by atoms with Crippen LogP contribution in [0.2, 0.25) is 0 Å². The van der Waals surface area contributed by atoms with Crippen LogP contribution < -0.4 is 31.1 Å². The maximum absolute atomic E-state index is 2.77. The van der Waals surface area contributed by atoms with Crippen LogP contribution in [0.15, 0.2) is 158 Å². The molecule has 0 N–H and O–H groups in total. The van der Waals surface area contributed by atoms with Crippen molar-refractivity contribution in [3.63, 3.8) is 0 Å². The fourth-order valence-electron chi connectivity index (χ4n) is 16.3. The lowest BCUT2D eigenvalue weighted by atomic mass is 9.33. The maximum atomic E-state index is 2.77. The quantitative estimate of drug-likeness (QED) is 0.147. The molecule has 0 radical (unpaired) electrons. The van der Waals surface area contributed by atoms with Crippen LogP contribution in [0, 0.1) is 13.8 Å². The van der Waals surface area contributed by atoms with Crippen LogP contribution in [-0.2, 0) is 37.9 Å². The van der Waals surface area contributed by atoms with Crippen molar-refractivity contribution in [2.75, 3.05) is 14.7 Å². The van der Waals surface area contributed by atoms with E-state index in [1.165, 1.54) is 113 Å². The van der Waals surface area contributed by atoms with E-state index < -0.39 is 0 Å². The highest BCUT2D eigenvalue weighted by Crippen LogP contribution is 2.57. The van der Waals surface area contributed by atoms with E-state index in [-0.39, 0.29) is 44.6 Å². The SMILES string of the molecule is Cc1cc2c(cc1N1c3cc4c(cc3B3c5cc(C(C)(C)c6ccccc6)ccc5N(c5ccc6c(c5C)C(C)(C)CC6(C)C)c5cc(N(c6ccccc6)c6ccccc6)cc1c53)C(C)(C)CCC4(C)C)C(C)(C)CCC2(C)C. The number of para-hydroxylation sites is 2. The standard InChI is InChI=1S/C76H84BN3/c1-48-40-56-58(72(7,8)38-36-70(56,3)4)45-64(48)80-65-46-59-57(71(5,6)37-39-73(59,9)10)44-61(65)77-60-41-51(76(15,16)50-26-20-17-21-27-50)32-34-63(60)79(62-35-33-55-68(49(62)2)75(13,14)47-74(55,11)12)66-42-54(43-67(80)69(66)77)78(52-28-22-18-23-29-52)53-30-24-19-25-31-53/h17-35,40-46H,36-39,47H2,1-16H3. The Labute approximate surface area is 480 Å². The first kappa shape index (κ1) is 52.6. The molecule has 2 aliphatic heterocycles. The molecular weight excluding hydrogens is 966 g/mol. The van der Waals surface area contributed by atoms with Crippen molar-refractivity contribution in [2.45, 2.75) is 181 Å². The molecule has 0 aromatic heterocycles. The summed E-state index contributed by atoms with van der Waals surface area (Å²) in [7, 11) is 0. The van der Waals surface area contributed by atoms with E-state index in [0.717, 1.165) is 42.7 Å². The van der Waals surface area contributed by atoms with Gasteiger partial charge in [-0.2, -0.15) is 0 Å². The number of rotatable bonds is 7. The minimum atomic E-state index is -0.259. The molecule has 0 bridgehead atoms. The fraction of sp³-hybridized carbons (Fsp3) is 0.368. The lowest BCUT2D eigenvalue weighted by molar-refractivity contribution is 0.331. The first-order valence-corrected chi connectivity index (χ1v) is 30.1. The van der Waals surface area contributed by atoms with Gasteiger partial charge in [-0.05, 0) is 211 Å². The van der Waals surface area contributed by atoms with Crippen molar-refractivity contribution in [2.24, 2.45) is 0 Å². The third kappa shape index (κ3) is 7.87. The minimum Gasteiger partial charge on any atom is -0.311 e. The average molecular weight is 1050 g/mol. The van der Waals surface area contributed by atoms with Gasteiger partial charge in [0.05, 0.1) is 5.69 Å². The van der Waals surface area contributed by atoms with Crippen molar-refractivity contribution < 1.29 is 0 Å². The third-order valence-electron chi connectivity index (χ3n) is 20.9. The zero-order valence-electron chi connectivity index (χ0n) is 51.0. The molecule has 0 fully saturated rings. The highest BCUT2D eigenvalue weighted by molar-refractivity contribution is 7.00. The number of benzene rings is 8. The van der Waals surface area contributed by atoms with E-state index in [9.17, 15) is 0 Å². The van der Waals surface area contributed by atoms with Crippen LogP contribution >= 0.6 is 0 Å². The number of anilines is 9. The molecule has 0 unspecified atom stereocenters. The molecule has 0 spiro atoms. The predicted octanol–water partition coefficient (Wildman–Crippen LogP) is 18.8. The number of nitrogens with zero attached hydrogens (tertiary/aromatic N) is 3. The Balaban J connectivity index is 1.21. The summed E-state index contributed by atoms with van der Waals surface area (Å²) >= 11 is 0. The van der Waals surface area contributed by atoms with Crippen LogP contribution in [0.4, 0.5) is 51.2 Å². The molecule has 8 aromatic rings. The summed E-state index contributed by atoms with van der Waals surface area (Å²) in [6, 6.07) is 61.7. The molecular formula is C76H84BN3. The van der Waals surface area contributed by atoms with Crippen molar-refractivity contribution in [1.29, 1.82) is 0 Å². The van der Waals surface area contributed by atoms with Crippen LogP contribution in [0.3, 0.4) is 0 Å². The molecule has 3 nitrogen and oxygen atoms in total. The lowest BCUT2D eigenvalue weighted by Crippen LogP contribution is -2.62. The van der Waals surface area contributed by atoms with Crippen LogP contribution in [0.5, 0.6) is 0 Å². The smallest absolute Gasteiger partial charge is 0.252 e. The van der Waals surface area contributed by atoms with E-state index in [4.69, 9.17) is 0 Å². The normalized spacial score (nSPS) is 19.0. The number of fused-ring (bicyclic) bond motifs is 7. The molecule has 406 valence electrons. The van der Waals surface area contributed by atoms with Gasteiger partial charge in [0.1, 0.15) is 0 Å².